The van der Waals surface area contributed by atoms with Crippen LogP contribution in [0.4, 0.5) is 0 Å². The monoisotopic (exact) mass is 537 g/mol. The van der Waals surface area contributed by atoms with Crippen molar-refractivity contribution in [3.8, 4) is 0 Å². The fraction of sp³-hybridized carbons (Fsp3) is 0.448. The normalized spacial score (nSPS) is 14.9. The molecule has 4 rings (SSSR count). The summed E-state index contributed by atoms with van der Waals surface area (Å²) >= 11 is 6.19. The van der Waals surface area contributed by atoms with Gasteiger partial charge in [0.2, 0.25) is 5.91 Å². The second-order valence-corrected chi connectivity index (χ2v) is 10.4. The maximum absolute atomic E-state index is 13.5. The number of aryl methyl sites for hydroxylation is 1. The first-order valence-corrected chi connectivity index (χ1v) is 13.7. The van der Waals surface area contributed by atoms with E-state index in [-0.39, 0.29) is 23.6 Å². The maximum atomic E-state index is 13.5. The average molecular weight is 538 g/mol. The number of H-pyrrole nitrogens is 1. The Morgan fingerprint density at radius 1 is 1.13 bits per heavy atom. The molecule has 3 amide bonds. The maximum Gasteiger partial charge on any atom is 0.254 e. The fourth-order valence-corrected chi connectivity index (χ4v) is 5.32. The van der Waals surface area contributed by atoms with Crippen molar-refractivity contribution in [2.75, 3.05) is 26.2 Å². The Bertz CT molecular complexity index is 1330. The lowest BCUT2D eigenvalue weighted by atomic mass is 9.94. The molecule has 2 aromatic carbocycles. The highest BCUT2D eigenvalue weighted by Crippen LogP contribution is 2.28. The van der Waals surface area contributed by atoms with E-state index in [4.69, 9.17) is 16.6 Å². The number of imidazole rings is 1. The van der Waals surface area contributed by atoms with Crippen molar-refractivity contribution in [1.29, 1.82) is 0 Å². The van der Waals surface area contributed by atoms with Gasteiger partial charge in [0.1, 0.15) is 5.82 Å². The third kappa shape index (κ3) is 6.01. The molecule has 1 aliphatic rings. The molecule has 202 valence electrons. The average Bonchev–Trinajstić information content (AvgIpc) is 3.57. The van der Waals surface area contributed by atoms with Crippen LogP contribution in [0, 0.1) is 12.8 Å². The van der Waals surface area contributed by atoms with Crippen molar-refractivity contribution in [2.45, 2.75) is 53.0 Å². The SMILES string of the molecule is CCC(CN(CC)C(C)=O)C(NC(=O)c1ccc(C(=O)N2CCCC2)c(C)c1)c1nc2ccc(Cl)cc2[nH]1. The van der Waals surface area contributed by atoms with E-state index in [1.807, 2.05) is 31.7 Å². The third-order valence-corrected chi connectivity index (χ3v) is 7.67. The van der Waals surface area contributed by atoms with Crippen LogP contribution in [0.5, 0.6) is 0 Å². The highest BCUT2D eigenvalue weighted by Gasteiger charge is 2.30. The predicted molar refractivity (Wildman–Crippen MR) is 149 cm³/mol. The molecular weight excluding hydrogens is 502 g/mol. The first-order valence-electron chi connectivity index (χ1n) is 13.3. The zero-order valence-electron chi connectivity index (χ0n) is 22.5. The van der Waals surface area contributed by atoms with Crippen molar-refractivity contribution in [1.82, 2.24) is 25.1 Å². The summed E-state index contributed by atoms with van der Waals surface area (Å²) in [4.78, 5) is 50.4. The van der Waals surface area contributed by atoms with Crippen LogP contribution in [0.15, 0.2) is 36.4 Å². The Kier molecular flexibility index (Phi) is 8.72. The Balaban J connectivity index is 1.63. The minimum absolute atomic E-state index is 0.0127. The molecule has 0 spiro atoms. The van der Waals surface area contributed by atoms with Crippen molar-refractivity contribution in [3.05, 3.63) is 63.9 Å². The van der Waals surface area contributed by atoms with Gasteiger partial charge in [-0.05, 0) is 75.1 Å². The minimum atomic E-state index is -0.474. The van der Waals surface area contributed by atoms with Gasteiger partial charge >= 0.3 is 0 Å². The summed E-state index contributed by atoms with van der Waals surface area (Å²) < 4.78 is 0. The van der Waals surface area contributed by atoms with E-state index in [0.717, 1.165) is 48.9 Å². The highest BCUT2D eigenvalue weighted by molar-refractivity contribution is 6.31. The molecule has 1 aromatic heterocycles. The van der Waals surface area contributed by atoms with E-state index >= 15 is 0 Å². The first kappa shape index (κ1) is 27.6. The molecule has 1 aliphatic heterocycles. The van der Waals surface area contributed by atoms with Crippen LogP contribution in [-0.4, -0.2) is 63.7 Å². The van der Waals surface area contributed by atoms with Gasteiger partial charge in [0.05, 0.1) is 17.1 Å². The van der Waals surface area contributed by atoms with Crippen LogP contribution < -0.4 is 5.32 Å². The predicted octanol–water partition coefficient (Wildman–Crippen LogP) is 5.13. The summed E-state index contributed by atoms with van der Waals surface area (Å²) in [5, 5.41) is 3.77. The van der Waals surface area contributed by atoms with Gasteiger partial charge in [-0.1, -0.05) is 18.5 Å². The molecule has 8 nitrogen and oxygen atoms in total. The molecule has 1 fully saturated rings. The van der Waals surface area contributed by atoms with Crippen molar-refractivity contribution in [2.24, 2.45) is 5.92 Å². The molecule has 2 unspecified atom stereocenters. The lowest BCUT2D eigenvalue weighted by Gasteiger charge is -2.31. The van der Waals surface area contributed by atoms with Crippen molar-refractivity contribution >= 4 is 40.4 Å². The number of carbonyl (C=O) groups excluding carboxylic acids is 3. The molecule has 2 heterocycles. The molecule has 0 saturated carbocycles. The Hall–Kier alpha value is -3.39. The minimum Gasteiger partial charge on any atom is -0.343 e. The standard InChI is InChI=1S/C29H36ClN5O3/c1-5-20(17-34(6-2)19(4)36)26(27-31-24-12-10-22(30)16-25(24)32-27)33-28(37)21-9-11-23(18(3)15-21)29(38)35-13-7-8-14-35/h9-12,15-16,20,26H,5-8,13-14,17H2,1-4H3,(H,31,32)(H,33,37). The molecule has 2 N–H and O–H groups in total. The van der Waals surface area contributed by atoms with Gasteiger partial charge in [0.25, 0.3) is 11.8 Å². The van der Waals surface area contributed by atoms with Crippen molar-refractivity contribution in [3.63, 3.8) is 0 Å². The number of rotatable bonds is 9. The molecule has 3 aromatic rings. The lowest BCUT2D eigenvalue weighted by molar-refractivity contribution is -0.129. The summed E-state index contributed by atoms with van der Waals surface area (Å²) in [5.74, 6) is 0.263. The molecule has 38 heavy (non-hydrogen) atoms. The molecule has 2 atom stereocenters. The number of aromatic nitrogens is 2. The second kappa shape index (κ2) is 12.0. The number of halogens is 1. The van der Waals surface area contributed by atoms with E-state index < -0.39 is 6.04 Å². The Morgan fingerprint density at radius 3 is 2.50 bits per heavy atom. The number of hydrogen-bond donors (Lipinski definition) is 2. The Labute approximate surface area is 228 Å². The van der Waals surface area contributed by atoms with Crippen LogP contribution in [0.1, 0.15) is 78.2 Å². The van der Waals surface area contributed by atoms with Crippen LogP contribution in [0.3, 0.4) is 0 Å². The van der Waals surface area contributed by atoms with Crippen LogP contribution in [0.25, 0.3) is 11.0 Å². The van der Waals surface area contributed by atoms with Gasteiger partial charge in [0, 0.05) is 55.2 Å². The van der Waals surface area contributed by atoms with E-state index in [0.29, 0.717) is 35.1 Å². The lowest BCUT2D eigenvalue weighted by Crippen LogP contribution is -2.41. The second-order valence-electron chi connectivity index (χ2n) is 9.99. The first-order chi connectivity index (χ1) is 18.2. The third-order valence-electron chi connectivity index (χ3n) is 7.43. The van der Waals surface area contributed by atoms with Crippen molar-refractivity contribution < 1.29 is 14.4 Å². The summed E-state index contributed by atoms with van der Waals surface area (Å²) in [5.41, 5.74) is 3.39. The molecule has 0 bridgehead atoms. The number of aromatic amines is 1. The van der Waals surface area contributed by atoms with Gasteiger partial charge in [-0.25, -0.2) is 4.98 Å². The largest absolute Gasteiger partial charge is 0.343 e. The summed E-state index contributed by atoms with van der Waals surface area (Å²) in [6, 6.07) is 10.2. The molecule has 0 aliphatic carbocycles. The Morgan fingerprint density at radius 2 is 1.87 bits per heavy atom. The smallest absolute Gasteiger partial charge is 0.254 e. The quantitative estimate of drug-likeness (QED) is 0.395. The van der Waals surface area contributed by atoms with E-state index in [1.165, 1.54) is 0 Å². The zero-order valence-corrected chi connectivity index (χ0v) is 23.3. The van der Waals surface area contributed by atoms with Crippen LogP contribution >= 0.6 is 11.6 Å². The van der Waals surface area contributed by atoms with Gasteiger partial charge in [0.15, 0.2) is 0 Å². The van der Waals surface area contributed by atoms with Crippen LogP contribution in [-0.2, 0) is 4.79 Å². The zero-order chi connectivity index (χ0) is 27.4. The number of nitrogens with one attached hydrogen (secondary N) is 2. The number of carbonyl (C=O) groups is 3. The van der Waals surface area contributed by atoms with E-state index in [9.17, 15) is 14.4 Å². The number of likely N-dealkylation sites (tertiary alicyclic amines) is 1. The summed E-state index contributed by atoms with van der Waals surface area (Å²) in [6.07, 6.45) is 2.77. The van der Waals surface area contributed by atoms with Gasteiger partial charge in [-0.3, -0.25) is 14.4 Å². The molecule has 1 saturated heterocycles. The topological polar surface area (TPSA) is 98.4 Å². The van der Waals surface area contributed by atoms with Gasteiger partial charge < -0.3 is 20.1 Å². The highest BCUT2D eigenvalue weighted by atomic mass is 35.5. The van der Waals surface area contributed by atoms with Gasteiger partial charge in [-0.2, -0.15) is 0 Å². The number of hydrogen-bond acceptors (Lipinski definition) is 4. The van der Waals surface area contributed by atoms with Gasteiger partial charge in [-0.15, -0.1) is 0 Å². The van der Waals surface area contributed by atoms with Crippen LogP contribution in [0.2, 0.25) is 5.02 Å². The fourth-order valence-electron chi connectivity index (χ4n) is 5.15. The number of nitrogens with zero attached hydrogens (tertiary/aromatic N) is 3. The summed E-state index contributed by atoms with van der Waals surface area (Å²) in [6.45, 7) is 10.0. The summed E-state index contributed by atoms with van der Waals surface area (Å²) in [7, 11) is 0. The number of fused-ring (bicyclic) bond motifs is 1. The van der Waals surface area contributed by atoms with E-state index in [1.54, 1.807) is 42.2 Å². The molecule has 9 heteroatoms. The van der Waals surface area contributed by atoms with E-state index in [2.05, 4.69) is 10.3 Å². The number of benzene rings is 2. The molecule has 0 radical (unpaired) electrons. The number of amides is 3. The molecular formula is C29H36ClN5O3.